The topological polar surface area (TPSA) is 77.2 Å². The summed E-state index contributed by atoms with van der Waals surface area (Å²) < 4.78 is 10.6. The number of aromatic nitrogens is 2. The summed E-state index contributed by atoms with van der Waals surface area (Å²) in [5, 5.41) is 4.84. The molecule has 2 heterocycles. The summed E-state index contributed by atoms with van der Waals surface area (Å²) in [6.07, 6.45) is 1.46. The van der Waals surface area contributed by atoms with E-state index in [2.05, 4.69) is 15.3 Å². The third kappa shape index (κ3) is 3.19. The zero-order chi connectivity index (χ0) is 17.2. The molecule has 0 bridgehead atoms. The van der Waals surface area contributed by atoms with Gasteiger partial charge >= 0.3 is 5.97 Å². The molecule has 0 spiro atoms. The van der Waals surface area contributed by atoms with Crippen LogP contribution in [0.4, 0.5) is 5.82 Å². The Morgan fingerprint density at radius 1 is 1.15 bits per heavy atom. The normalized spacial score (nSPS) is 10.5. The van der Waals surface area contributed by atoms with Crippen LogP contribution in [0.1, 0.15) is 15.9 Å². The van der Waals surface area contributed by atoms with Crippen molar-refractivity contribution >= 4 is 46.3 Å². The minimum Gasteiger partial charge on any atom is -0.465 e. The second kappa shape index (κ2) is 7.41. The second-order valence-corrected chi connectivity index (χ2v) is 5.55. The SMILES string of the molecule is COC(=O)c1ccc2oc3ncnc(NCc4ccccc4)c3c2c1.Cl. The summed E-state index contributed by atoms with van der Waals surface area (Å²) in [6, 6.07) is 15.2. The van der Waals surface area contributed by atoms with Gasteiger partial charge in [0.25, 0.3) is 0 Å². The molecule has 2 aromatic heterocycles. The summed E-state index contributed by atoms with van der Waals surface area (Å²) in [4.78, 5) is 20.3. The number of esters is 1. The minimum absolute atomic E-state index is 0. The Labute approximate surface area is 155 Å². The van der Waals surface area contributed by atoms with Crippen LogP contribution in [-0.2, 0) is 11.3 Å². The van der Waals surface area contributed by atoms with Gasteiger partial charge in [-0.1, -0.05) is 30.3 Å². The summed E-state index contributed by atoms with van der Waals surface area (Å²) >= 11 is 0. The highest BCUT2D eigenvalue weighted by Gasteiger charge is 2.16. The van der Waals surface area contributed by atoms with Crippen molar-refractivity contribution in [3.05, 3.63) is 66.0 Å². The van der Waals surface area contributed by atoms with Crippen molar-refractivity contribution in [2.75, 3.05) is 12.4 Å². The molecule has 0 aliphatic heterocycles. The molecule has 0 aliphatic rings. The molecule has 26 heavy (non-hydrogen) atoms. The van der Waals surface area contributed by atoms with E-state index in [-0.39, 0.29) is 12.4 Å². The van der Waals surface area contributed by atoms with Gasteiger partial charge in [0, 0.05) is 11.9 Å². The number of hydrogen-bond donors (Lipinski definition) is 1. The molecule has 132 valence electrons. The van der Waals surface area contributed by atoms with Crippen molar-refractivity contribution in [1.82, 2.24) is 9.97 Å². The van der Waals surface area contributed by atoms with Gasteiger partial charge in [-0.15, -0.1) is 12.4 Å². The zero-order valence-electron chi connectivity index (χ0n) is 13.9. The van der Waals surface area contributed by atoms with E-state index < -0.39 is 5.97 Å². The van der Waals surface area contributed by atoms with E-state index in [0.717, 1.165) is 16.3 Å². The molecule has 0 amide bonds. The Hall–Kier alpha value is -3.12. The number of nitrogens with zero attached hydrogens (tertiary/aromatic N) is 2. The summed E-state index contributed by atoms with van der Waals surface area (Å²) in [5.41, 5.74) is 2.71. The molecule has 6 nitrogen and oxygen atoms in total. The van der Waals surface area contributed by atoms with Crippen LogP contribution in [0.25, 0.3) is 22.1 Å². The molecule has 0 aliphatic carbocycles. The highest BCUT2D eigenvalue weighted by molar-refractivity contribution is 6.10. The molecule has 1 N–H and O–H groups in total. The number of halogens is 1. The van der Waals surface area contributed by atoms with E-state index in [9.17, 15) is 4.79 Å². The highest BCUT2D eigenvalue weighted by atomic mass is 35.5. The fourth-order valence-electron chi connectivity index (χ4n) is 2.77. The predicted molar refractivity (Wildman–Crippen MR) is 102 cm³/mol. The molecule has 0 saturated carbocycles. The van der Waals surface area contributed by atoms with Gasteiger partial charge in [-0.25, -0.2) is 14.8 Å². The van der Waals surface area contributed by atoms with Crippen LogP contribution < -0.4 is 5.32 Å². The quantitative estimate of drug-likeness (QED) is 0.543. The van der Waals surface area contributed by atoms with Crippen LogP contribution in [0.15, 0.2) is 59.3 Å². The Balaban J connectivity index is 0.00000196. The van der Waals surface area contributed by atoms with E-state index in [1.54, 1.807) is 18.2 Å². The number of rotatable bonds is 4. The van der Waals surface area contributed by atoms with Gasteiger partial charge in [-0.05, 0) is 23.8 Å². The number of ether oxygens (including phenoxy) is 1. The van der Waals surface area contributed by atoms with Crippen molar-refractivity contribution in [3.8, 4) is 0 Å². The van der Waals surface area contributed by atoms with E-state index in [0.29, 0.717) is 29.2 Å². The largest absolute Gasteiger partial charge is 0.465 e. The number of hydrogen-bond acceptors (Lipinski definition) is 6. The van der Waals surface area contributed by atoms with Gasteiger partial charge < -0.3 is 14.5 Å². The molecular formula is C19H16ClN3O3. The van der Waals surface area contributed by atoms with Gasteiger partial charge in [0.05, 0.1) is 18.1 Å². The fourth-order valence-corrected chi connectivity index (χ4v) is 2.77. The summed E-state index contributed by atoms with van der Waals surface area (Å²) in [7, 11) is 1.36. The average molecular weight is 370 g/mol. The number of furan rings is 1. The van der Waals surface area contributed by atoms with E-state index in [1.807, 2.05) is 30.3 Å². The van der Waals surface area contributed by atoms with Crippen LogP contribution in [0, 0.1) is 0 Å². The molecule has 7 heteroatoms. The first-order chi connectivity index (χ1) is 12.3. The van der Waals surface area contributed by atoms with Crippen molar-refractivity contribution in [1.29, 1.82) is 0 Å². The lowest BCUT2D eigenvalue weighted by molar-refractivity contribution is 0.0601. The minimum atomic E-state index is -0.396. The molecule has 0 atom stereocenters. The number of methoxy groups -OCH3 is 1. The monoisotopic (exact) mass is 369 g/mol. The smallest absolute Gasteiger partial charge is 0.337 e. The third-order valence-corrected chi connectivity index (χ3v) is 3.99. The number of fused-ring (bicyclic) bond motifs is 3. The second-order valence-electron chi connectivity index (χ2n) is 5.55. The van der Waals surface area contributed by atoms with Crippen molar-refractivity contribution in [2.45, 2.75) is 6.54 Å². The molecule has 2 aromatic carbocycles. The van der Waals surface area contributed by atoms with Gasteiger partial charge in [0.2, 0.25) is 5.71 Å². The Bertz CT molecular complexity index is 1060. The number of carbonyl (C=O) groups is 1. The van der Waals surface area contributed by atoms with Crippen LogP contribution >= 0.6 is 12.4 Å². The number of carbonyl (C=O) groups excluding carboxylic acids is 1. The first kappa shape index (κ1) is 17.7. The van der Waals surface area contributed by atoms with E-state index >= 15 is 0 Å². The number of nitrogens with one attached hydrogen (secondary N) is 1. The van der Waals surface area contributed by atoms with Crippen molar-refractivity contribution in [3.63, 3.8) is 0 Å². The van der Waals surface area contributed by atoms with Crippen LogP contribution in [-0.4, -0.2) is 23.0 Å². The first-order valence-electron chi connectivity index (χ1n) is 7.79. The van der Waals surface area contributed by atoms with E-state index in [1.165, 1.54) is 13.4 Å². The lowest BCUT2D eigenvalue weighted by atomic mass is 10.1. The molecule has 0 fully saturated rings. The van der Waals surface area contributed by atoms with Gasteiger partial charge in [-0.2, -0.15) is 0 Å². The molecule has 4 rings (SSSR count). The lowest BCUT2D eigenvalue weighted by Crippen LogP contribution is -2.02. The average Bonchev–Trinajstić information content (AvgIpc) is 3.05. The highest BCUT2D eigenvalue weighted by Crippen LogP contribution is 2.32. The van der Waals surface area contributed by atoms with Gasteiger partial charge in [-0.3, -0.25) is 0 Å². The maximum Gasteiger partial charge on any atom is 0.337 e. The third-order valence-electron chi connectivity index (χ3n) is 3.99. The zero-order valence-corrected chi connectivity index (χ0v) is 14.7. The predicted octanol–water partition coefficient (Wildman–Crippen LogP) is 4.20. The molecule has 0 saturated heterocycles. The van der Waals surface area contributed by atoms with Crippen LogP contribution in [0.2, 0.25) is 0 Å². The molecular weight excluding hydrogens is 354 g/mol. The van der Waals surface area contributed by atoms with Crippen molar-refractivity contribution < 1.29 is 13.9 Å². The number of anilines is 1. The Morgan fingerprint density at radius 3 is 2.73 bits per heavy atom. The molecule has 0 unspecified atom stereocenters. The Morgan fingerprint density at radius 2 is 1.96 bits per heavy atom. The summed E-state index contributed by atoms with van der Waals surface area (Å²) in [5.74, 6) is 0.265. The summed E-state index contributed by atoms with van der Waals surface area (Å²) in [6.45, 7) is 0.621. The first-order valence-corrected chi connectivity index (χ1v) is 7.79. The van der Waals surface area contributed by atoms with Gasteiger partial charge in [0.1, 0.15) is 17.7 Å². The van der Waals surface area contributed by atoms with Crippen LogP contribution in [0.5, 0.6) is 0 Å². The molecule has 4 aromatic rings. The number of benzene rings is 2. The molecule has 0 radical (unpaired) electrons. The standard InChI is InChI=1S/C19H15N3O3.ClH/c1-24-19(23)13-7-8-15-14(9-13)16-17(21-11-22-18(16)25-15)20-10-12-5-3-2-4-6-12;/h2-9,11H,10H2,1H3,(H,20,21,22);1H. The van der Waals surface area contributed by atoms with Crippen LogP contribution in [0.3, 0.4) is 0 Å². The fraction of sp³-hybridized carbons (Fsp3) is 0.105. The Kier molecular flexibility index (Phi) is 5.04. The van der Waals surface area contributed by atoms with Crippen molar-refractivity contribution in [2.24, 2.45) is 0 Å². The maximum atomic E-state index is 11.8. The van der Waals surface area contributed by atoms with Gasteiger partial charge in [0.15, 0.2) is 0 Å². The maximum absolute atomic E-state index is 11.8. The van der Waals surface area contributed by atoms with E-state index in [4.69, 9.17) is 9.15 Å². The lowest BCUT2D eigenvalue weighted by Gasteiger charge is -2.06.